The molecular formula is C15H19ClN2O2. The monoisotopic (exact) mass is 294 g/mol. The van der Waals surface area contributed by atoms with E-state index in [0.29, 0.717) is 18.3 Å². The molecule has 0 saturated carbocycles. The molecule has 0 aliphatic heterocycles. The Bertz CT molecular complexity index is 510. The molecule has 0 spiro atoms. The summed E-state index contributed by atoms with van der Waals surface area (Å²) in [7, 11) is 0. The highest BCUT2D eigenvalue weighted by molar-refractivity contribution is 6.22. The van der Waals surface area contributed by atoms with Gasteiger partial charge in [-0.3, -0.25) is 0 Å². The average molecular weight is 295 g/mol. The van der Waals surface area contributed by atoms with Crippen LogP contribution in [0.25, 0.3) is 0 Å². The summed E-state index contributed by atoms with van der Waals surface area (Å²) in [4.78, 5) is 4.39. The zero-order chi connectivity index (χ0) is 14.4. The molecule has 0 aliphatic carbocycles. The van der Waals surface area contributed by atoms with Crippen molar-refractivity contribution >= 4 is 11.6 Å². The molecule has 2 aromatic rings. The molecule has 1 aromatic heterocycles. The number of rotatable bonds is 7. The van der Waals surface area contributed by atoms with Crippen LogP contribution in [0.2, 0.25) is 0 Å². The maximum absolute atomic E-state index is 6.37. The summed E-state index contributed by atoms with van der Waals surface area (Å²) in [6, 6.07) is 9.68. The van der Waals surface area contributed by atoms with Gasteiger partial charge < -0.3 is 9.26 Å². The van der Waals surface area contributed by atoms with E-state index in [4.69, 9.17) is 20.9 Å². The Morgan fingerprint density at radius 2 is 2.00 bits per heavy atom. The zero-order valence-electron chi connectivity index (χ0n) is 11.8. The van der Waals surface area contributed by atoms with Crippen molar-refractivity contribution in [1.82, 2.24) is 10.1 Å². The van der Waals surface area contributed by atoms with Gasteiger partial charge in [0.05, 0.1) is 0 Å². The van der Waals surface area contributed by atoms with Crippen molar-refractivity contribution in [2.24, 2.45) is 0 Å². The molecule has 0 saturated heterocycles. The molecule has 2 rings (SSSR count). The van der Waals surface area contributed by atoms with E-state index < -0.39 is 5.38 Å². The SMILES string of the molecule is CCCC(OCC)c1noc(C(Cl)c2ccccc2)n1. The van der Waals surface area contributed by atoms with Gasteiger partial charge in [0.1, 0.15) is 11.5 Å². The molecule has 5 heteroatoms. The number of halogens is 1. The molecule has 2 atom stereocenters. The minimum Gasteiger partial charge on any atom is -0.370 e. The number of hydrogen-bond donors (Lipinski definition) is 0. The molecule has 20 heavy (non-hydrogen) atoms. The summed E-state index contributed by atoms with van der Waals surface area (Å²) in [5.41, 5.74) is 0.938. The molecule has 0 bridgehead atoms. The van der Waals surface area contributed by atoms with E-state index in [-0.39, 0.29) is 6.10 Å². The summed E-state index contributed by atoms with van der Waals surface area (Å²) >= 11 is 6.37. The van der Waals surface area contributed by atoms with Crippen molar-refractivity contribution in [1.29, 1.82) is 0 Å². The first kappa shape index (κ1) is 15.0. The second-order valence-corrected chi connectivity index (χ2v) is 4.93. The van der Waals surface area contributed by atoms with Gasteiger partial charge in [-0.05, 0) is 18.9 Å². The van der Waals surface area contributed by atoms with Crippen LogP contribution >= 0.6 is 11.6 Å². The van der Waals surface area contributed by atoms with Crippen molar-refractivity contribution in [3.8, 4) is 0 Å². The average Bonchev–Trinajstić information content (AvgIpc) is 2.97. The summed E-state index contributed by atoms with van der Waals surface area (Å²) < 4.78 is 10.9. The van der Waals surface area contributed by atoms with Crippen LogP contribution in [-0.4, -0.2) is 16.7 Å². The molecule has 0 N–H and O–H groups in total. The van der Waals surface area contributed by atoms with E-state index in [2.05, 4.69) is 17.1 Å². The quantitative estimate of drug-likeness (QED) is 0.715. The lowest BCUT2D eigenvalue weighted by Crippen LogP contribution is -2.06. The van der Waals surface area contributed by atoms with Gasteiger partial charge in [0, 0.05) is 6.61 Å². The molecule has 108 valence electrons. The van der Waals surface area contributed by atoms with E-state index in [1.807, 2.05) is 37.3 Å². The fourth-order valence-electron chi connectivity index (χ4n) is 2.00. The zero-order valence-corrected chi connectivity index (χ0v) is 12.5. The van der Waals surface area contributed by atoms with Gasteiger partial charge in [-0.2, -0.15) is 4.98 Å². The Morgan fingerprint density at radius 3 is 2.65 bits per heavy atom. The lowest BCUT2D eigenvalue weighted by atomic mass is 10.1. The smallest absolute Gasteiger partial charge is 0.249 e. The van der Waals surface area contributed by atoms with Crippen LogP contribution in [0.4, 0.5) is 0 Å². The van der Waals surface area contributed by atoms with Crippen LogP contribution in [0, 0.1) is 0 Å². The molecule has 1 heterocycles. The number of nitrogens with zero attached hydrogens (tertiary/aromatic N) is 2. The molecule has 0 fully saturated rings. The van der Waals surface area contributed by atoms with Crippen LogP contribution < -0.4 is 0 Å². The van der Waals surface area contributed by atoms with Crippen molar-refractivity contribution in [3.05, 3.63) is 47.6 Å². The topological polar surface area (TPSA) is 48.2 Å². The van der Waals surface area contributed by atoms with Gasteiger partial charge in [-0.15, -0.1) is 11.6 Å². The van der Waals surface area contributed by atoms with Crippen LogP contribution in [0.15, 0.2) is 34.9 Å². The molecule has 2 unspecified atom stereocenters. The lowest BCUT2D eigenvalue weighted by Gasteiger charge is -2.11. The van der Waals surface area contributed by atoms with E-state index in [1.54, 1.807) is 0 Å². The van der Waals surface area contributed by atoms with Crippen molar-refractivity contribution in [2.45, 2.75) is 38.2 Å². The minimum atomic E-state index is -0.429. The van der Waals surface area contributed by atoms with Gasteiger partial charge in [0.2, 0.25) is 11.7 Å². The van der Waals surface area contributed by atoms with Gasteiger partial charge >= 0.3 is 0 Å². The largest absolute Gasteiger partial charge is 0.370 e. The number of alkyl halides is 1. The molecule has 1 aromatic carbocycles. The molecule has 0 radical (unpaired) electrons. The van der Waals surface area contributed by atoms with E-state index >= 15 is 0 Å². The number of aromatic nitrogens is 2. The third kappa shape index (κ3) is 3.58. The van der Waals surface area contributed by atoms with Crippen LogP contribution in [0.5, 0.6) is 0 Å². The Hall–Kier alpha value is -1.39. The third-order valence-electron chi connectivity index (χ3n) is 2.97. The molecule has 4 nitrogen and oxygen atoms in total. The van der Waals surface area contributed by atoms with Crippen molar-refractivity contribution in [3.63, 3.8) is 0 Å². The van der Waals surface area contributed by atoms with Gasteiger partial charge in [-0.1, -0.05) is 48.8 Å². The lowest BCUT2D eigenvalue weighted by molar-refractivity contribution is 0.0478. The second-order valence-electron chi connectivity index (χ2n) is 4.50. The third-order valence-corrected chi connectivity index (χ3v) is 3.41. The highest BCUT2D eigenvalue weighted by Crippen LogP contribution is 2.29. The number of hydrogen-bond acceptors (Lipinski definition) is 4. The van der Waals surface area contributed by atoms with Crippen LogP contribution in [0.3, 0.4) is 0 Å². The fourth-order valence-corrected chi connectivity index (χ4v) is 2.23. The minimum absolute atomic E-state index is 0.123. The van der Waals surface area contributed by atoms with E-state index in [9.17, 15) is 0 Å². The maximum atomic E-state index is 6.37. The van der Waals surface area contributed by atoms with E-state index in [1.165, 1.54) is 0 Å². The van der Waals surface area contributed by atoms with Crippen LogP contribution in [0.1, 0.15) is 55.4 Å². The summed E-state index contributed by atoms with van der Waals surface area (Å²) in [6.07, 6.45) is 1.74. The van der Waals surface area contributed by atoms with Crippen molar-refractivity contribution in [2.75, 3.05) is 6.61 Å². The first-order valence-electron chi connectivity index (χ1n) is 6.90. The van der Waals surface area contributed by atoms with Gasteiger partial charge in [-0.25, -0.2) is 0 Å². The van der Waals surface area contributed by atoms with Crippen molar-refractivity contribution < 1.29 is 9.26 Å². The first-order valence-corrected chi connectivity index (χ1v) is 7.34. The predicted octanol–water partition coefficient (Wildman–Crippen LogP) is 4.28. The Morgan fingerprint density at radius 1 is 1.25 bits per heavy atom. The maximum Gasteiger partial charge on any atom is 0.249 e. The Kier molecular flexibility index (Phi) is 5.56. The first-order chi connectivity index (χ1) is 9.76. The Labute approximate surface area is 124 Å². The number of benzene rings is 1. The van der Waals surface area contributed by atoms with E-state index in [0.717, 1.165) is 18.4 Å². The van der Waals surface area contributed by atoms with Crippen LogP contribution in [-0.2, 0) is 4.74 Å². The summed E-state index contributed by atoms with van der Waals surface area (Å²) in [5, 5.41) is 3.58. The van der Waals surface area contributed by atoms with Gasteiger partial charge in [0.25, 0.3) is 0 Å². The number of ether oxygens (including phenoxy) is 1. The standard InChI is InChI=1S/C15H19ClN2O2/c1-3-8-12(19-4-2)14-17-15(20-18-14)13(16)11-9-6-5-7-10-11/h5-7,9-10,12-13H,3-4,8H2,1-2H3. The molecular weight excluding hydrogens is 276 g/mol. The second kappa shape index (κ2) is 7.41. The van der Waals surface area contributed by atoms with Gasteiger partial charge in [0.15, 0.2) is 0 Å². The summed E-state index contributed by atoms with van der Waals surface area (Å²) in [5.74, 6) is 0.985. The molecule has 0 amide bonds. The highest BCUT2D eigenvalue weighted by Gasteiger charge is 2.22. The normalized spacial score (nSPS) is 14.2. The fraction of sp³-hybridized carbons (Fsp3) is 0.467. The highest BCUT2D eigenvalue weighted by atomic mass is 35.5. The Balaban J connectivity index is 2.15. The predicted molar refractivity (Wildman–Crippen MR) is 77.7 cm³/mol. The summed E-state index contributed by atoms with van der Waals surface area (Å²) in [6.45, 7) is 4.68. The molecule has 0 aliphatic rings.